The van der Waals surface area contributed by atoms with E-state index in [0.717, 1.165) is 6.42 Å². The van der Waals surface area contributed by atoms with Gasteiger partial charge in [0.15, 0.2) is 0 Å². The van der Waals surface area contributed by atoms with Crippen molar-refractivity contribution in [2.75, 3.05) is 27.2 Å². The fraction of sp³-hybridized carbons (Fsp3) is 0.727. The lowest BCUT2D eigenvalue weighted by Gasteiger charge is -2.33. The summed E-state index contributed by atoms with van der Waals surface area (Å²) in [5.74, 6) is -0.389. The van der Waals surface area contributed by atoms with Crippen LogP contribution in [0.2, 0.25) is 0 Å². The molecule has 0 aliphatic carbocycles. The van der Waals surface area contributed by atoms with E-state index in [0.29, 0.717) is 25.9 Å². The number of likely N-dealkylation sites (tertiary alicyclic amines) is 1. The van der Waals surface area contributed by atoms with Gasteiger partial charge in [-0.3, -0.25) is 9.59 Å². The molecule has 1 aliphatic rings. The van der Waals surface area contributed by atoms with Gasteiger partial charge in [-0.1, -0.05) is 0 Å². The van der Waals surface area contributed by atoms with Gasteiger partial charge in [0, 0.05) is 19.5 Å². The molecule has 1 unspecified atom stereocenters. The molecule has 1 saturated heterocycles. The Hall–Kier alpha value is -1.10. The Bertz CT molecular complexity index is 266. The summed E-state index contributed by atoms with van der Waals surface area (Å²) in [6, 6.07) is -0.441. The molecular weight excluding hydrogens is 206 g/mol. The molecule has 16 heavy (non-hydrogen) atoms. The van der Waals surface area contributed by atoms with Crippen molar-refractivity contribution in [1.29, 1.82) is 0 Å². The van der Waals surface area contributed by atoms with Crippen molar-refractivity contribution in [1.82, 2.24) is 9.80 Å². The van der Waals surface area contributed by atoms with E-state index in [-0.39, 0.29) is 5.91 Å². The Labute approximate surface area is 96.6 Å². The zero-order valence-electron chi connectivity index (χ0n) is 9.98. The van der Waals surface area contributed by atoms with Gasteiger partial charge in [0.05, 0.1) is 0 Å². The van der Waals surface area contributed by atoms with Crippen molar-refractivity contribution in [3.8, 4) is 0 Å². The average molecular weight is 226 g/mol. The topological polar surface area (TPSA) is 66.6 Å². The predicted molar refractivity (Wildman–Crippen MR) is 61.4 cm³/mol. The van der Waals surface area contributed by atoms with Gasteiger partial charge < -0.3 is 15.5 Å². The molecule has 2 amide bonds. The van der Waals surface area contributed by atoms with Gasteiger partial charge in [-0.05, 0) is 33.4 Å². The lowest BCUT2D eigenvalue weighted by molar-refractivity contribution is -0.140. The number of hydrogen-bond acceptors (Lipinski definition) is 3. The van der Waals surface area contributed by atoms with Crippen LogP contribution in [0.3, 0.4) is 0 Å². The van der Waals surface area contributed by atoms with Crippen LogP contribution in [-0.2, 0) is 9.59 Å². The SMILES string of the molecule is CN(C)CCC(=O)N1CC[CH]CC1C(N)=O. The Balaban J connectivity index is 2.54. The van der Waals surface area contributed by atoms with Crippen LogP contribution in [0.25, 0.3) is 0 Å². The number of piperidine rings is 1. The maximum atomic E-state index is 11.9. The first-order valence-corrected chi connectivity index (χ1v) is 5.57. The highest BCUT2D eigenvalue weighted by molar-refractivity contribution is 5.87. The summed E-state index contributed by atoms with van der Waals surface area (Å²) in [5.41, 5.74) is 5.29. The van der Waals surface area contributed by atoms with Crippen molar-refractivity contribution in [2.24, 2.45) is 5.73 Å². The fourth-order valence-electron chi connectivity index (χ4n) is 1.82. The second-order valence-electron chi connectivity index (χ2n) is 4.37. The molecule has 1 atom stereocenters. The van der Waals surface area contributed by atoms with Crippen LogP contribution in [-0.4, -0.2) is 54.8 Å². The molecule has 1 fully saturated rings. The lowest BCUT2D eigenvalue weighted by Crippen LogP contribution is -2.51. The van der Waals surface area contributed by atoms with Gasteiger partial charge in [-0.2, -0.15) is 0 Å². The van der Waals surface area contributed by atoms with Gasteiger partial charge in [0.25, 0.3) is 0 Å². The zero-order chi connectivity index (χ0) is 12.1. The van der Waals surface area contributed by atoms with Crippen molar-refractivity contribution in [2.45, 2.75) is 25.3 Å². The molecule has 1 radical (unpaired) electrons. The molecule has 0 aromatic carbocycles. The summed E-state index contributed by atoms with van der Waals surface area (Å²) in [6.45, 7) is 1.31. The van der Waals surface area contributed by atoms with E-state index >= 15 is 0 Å². The van der Waals surface area contributed by atoms with Crippen molar-refractivity contribution >= 4 is 11.8 Å². The van der Waals surface area contributed by atoms with Gasteiger partial charge in [-0.25, -0.2) is 0 Å². The Kier molecular flexibility index (Phi) is 4.73. The number of nitrogens with zero attached hydrogens (tertiary/aromatic N) is 2. The van der Waals surface area contributed by atoms with Crippen molar-refractivity contribution in [3.05, 3.63) is 6.42 Å². The Morgan fingerprint density at radius 2 is 2.19 bits per heavy atom. The van der Waals surface area contributed by atoms with E-state index in [2.05, 4.69) is 0 Å². The molecule has 0 saturated carbocycles. The Morgan fingerprint density at radius 1 is 1.50 bits per heavy atom. The highest BCUT2D eigenvalue weighted by atomic mass is 16.2. The van der Waals surface area contributed by atoms with Crippen LogP contribution in [0, 0.1) is 6.42 Å². The number of primary amides is 1. The molecule has 5 heteroatoms. The maximum absolute atomic E-state index is 11.9. The average Bonchev–Trinajstić information content (AvgIpc) is 2.25. The minimum atomic E-state index is -0.441. The van der Waals surface area contributed by atoms with E-state index < -0.39 is 11.9 Å². The highest BCUT2D eigenvalue weighted by Gasteiger charge is 2.30. The number of amides is 2. The van der Waals surface area contributed by atoms with E-state index in [9.17, 15) is 9.59 Å². The molecule has 2 N–H and O–H groups in total. The summed E-state index contributed by atoms with van der Waals surface area (Å²) in [4.78, 5) is 26.7. The zero-order valence-corrected chi connectivity index (χ0v) is 9.98. The normalized spacial score (nSPS) is 21.2. The first kappa shape index (κ1) is 13.0. The highest BCUT2D eigenvalue weighted by Crippen LogP contribution is 2.16. The quantitative estimate of drug-likeness (QED) is 0.710. The molecule has 0 aromatic rings. The summed E-state index contributed by atoms with van der Waals surface area (Å²) >= 11 is 0. The van der Waals surface area contributed by atoms with Crippen molar-refractivity contribution < 1.29 is 9.59 Å². The molecule has 0 aromatic heterocycles. The third kappa shape index (κ3) is 3.48. The van der Waals surface area contributed by atoms with Crippen LogP contribution in [0.4, 0.5) is 0 Å². The van der Waals surface area contributed by atoms with Crippen LogP contribution >= 0.6 is 0 Å². The minimum absolute atomic E-state index is 0.0191. The molecule has 0 spiro atoms. The summed E-state index contributed by atoms with van der Waals surface area (Å²) in [6.07, 6.45) is 3.89. The Morgan fingerprint density at radius 3 is 2.75 bits per heavy atom. The summed E-state index contributed by atoms with van der Waals surface area (Å²) < 4.78 is 0. The molecule has 91 valence electrons. The second kappa shape index (κ2) is 5.84. The number of nitrogens with two attached hydrogens (primary N) is 1. The molecule has 1 heterocycles. The number of carbonyl (C=O) groups is 2. The standard InChI is InChI=1S/C11H20N3O2/c1-13(2)8-6-10(15)14-7-4-3-5-9(14)11(12)16/h3,9H,4-8H2,1-2H3,(H2,12,16). The van der Waals surface area contributed by atoms with Crippen LogP contribution in [0.1, 0.15) is 19.3 Å². The molecule has 5 nitrogen and oxygen atoms in total. The number of carbonyl (C=O) groups excluding carboxylic acids is 2. The van der Waals surface area contributed by atoms with Gasteiger partial charge >= 0.3 is 0 Å². The van der Waals surface area contributed by atoms with Gasteiger partial charge in [-0.15, -0.1) is 0 Å². The predicted octanol–water partition coefficient (Wildman–Crippen LogP) is -0.381. The van der Waals surface area contributed by atoms with E-state index in [1.54, 1.807) is 4.90 Å². The molecular formula is C11H20N3O2. The minimum Gasteiger partial charge on any atom is -0.368 e. The molecule has 0 bridgehead atoms. The monoisotopic (exact) mass is 226 g/mol. The van der Waals surface area contributed by atoms with Crippen molar-refractivity contribution in [3.63, 3.8) is 0 Å². The third-order valence-electron chi connectivity index (χ3n) is 2.76. The van der Waals surface area contributed by atoms with E-state index in [1.807, 2.05) is 25.4 Å². The number of rotatable bonds is 4. The fourth-order valence-corrected chi connectivity index (χ4v) is 1.82. The van der Waals surface area contributed by atoms with Gasteiger partial charge in [0.1, 0.15) is 6.04 Å². The van der Waals surface area contributed by atoms with Gasteiger partial charge in [0.2, 0.25) is 11.8 Å². The van der Waals surface area contributed by atoms with Crippen LogP contribution in [0.5, 0.6) is 0 Å². The summed E-state index contributed by atoms with van der Waals surface area (Å²) in [7, 11) is 3.84. The molecule has 1 rings (SSSR count). The smallest absolute Gasteiger partial charge is 0.240 e. The third-order valence-corrected chi connectivity index (χ3v) is 2.76. The second-order valence-corrected chi connectivity index (χ2v) is 4.37. The lowest BCUT2D eigenvalue weighted by atomic mass is 10.0. The first-order chi connectivity index (χ1) is 7.52. The van der Waals surface area contributed by atoms with Crippen LogP contribution in [0.15, 0.2) is 0 Å². The van der Waals surface area contributed by atoms with Crippen LogP contribution < -0.4 is 5.73 Å². The number of hydrogen-bond donors (Lipinski definition) is 1. The largest absolute Gasteiger partial charge is 0.368 e. The van der Waals surface area contributed by atoms with E-state index in [1.165, 1.54) is 0 Å². The maximum Gasteiger partial charge on any atom is 0.240 e. The molecule has 1 aliphatic heterocycles. The summed E-state index contributed by atoms with van der Waals surface area (Å²) in [5, 5.41) is 0. The first-order valence-electron chi connectivity index (χ1n) is 5.57. The van der Waals surface area contributed by atoms with E-state index in [4.69, 9.17) is 5.73 Å².